The molecule has 1 aliphatic carbocycles. The van der Waals surface area contributed by atoms with Gasteiger partial charge in [0.2, 0.25) is 11.8 Å². The Morgan fingerprint density at radius 3 is 2.49 bits per heavy atom. The maximum Gasteiger partial charge on any atom is 0.397 e. The number of hydrogen-bond acceptors (Lipinski definition) is 5. The third-order valence-electron chi connectivity index (χ3n) is 6.30. The Hall–Kier alpha value is -2.82. The van der Waals surface area contributed by atoms with Crippen molar-refractivity contribution in [2.45, 2.75) is 51.4 Å². The predicted molar refractivity (Wildman–Crippen MR) is 122 cm³/mol. The van der Waals surface area contributed by atoms with Crippen LogP contribution in [0.2, 0.25) is 0 Å². The smallest absolute Gasteiger partial charge is 0.397 e. The maximum atomic E-state index is 13.2. The van der Waals surface area contributed by atoms with Gasteiger partial charge in [-0.3, -0.25) is 14.4 Å². The van der Waals surface area contributed by atoms with Crippen molar-refractivity contribution in [3.8, 4) is 5.75 Å². The van der Waals surface area contributed by atoms with E-state index in [1.165, 1.54) is 23.1 Å². The van der Waals surface area contributed by atoms with Gasteiger partial charge in [0.25, 0.3) is 5.91 Å². The number of nitrogens with zero attached hydrogens (tertiary/aromatic N) is 2. The van der Waals surface area contributed by atoms with Crippen LogP contribution in [0, 0.1) is 11.8 Å². The molecule has 11 heteroatoms. The van der Waals surface area contributed by atoms with Crippen molar-refractivity contribution in [3.05, 3.63) is 23.8 Å². The summed E-state index contributed by atoms with van der Waals surface area (Å²) in [6.07, 6.45) is -4.88. The van der Waals surface area contributed by atoms with Crippen molar-refractivity contribution in [2.24, 2.45) is 11.8 Å². The molecule has 0 bridgehead atoms. The molecule has 1 aromatic rings. The van der Waals surface area contributed by atoms with Gasteiger partial charge in [0.1, 0.15) is 18.8 Å². The lowest BCUT2D eigenvalue weighted by Gasteiger charge is -2.36. The van der Waals surface area contributed by atoms with Crippen LogP contribution >= 0.6 is 0 Å². The van der Waals surface area contributed by atoms with E-state index in [9.17, 15) is 27.6 Å². The number of ether oxygens (including phenoxy) is 2. The predicted octanol–water partition coefficient (Wildman–Crippen LogP) is 3.32. The molecule has 3 amide bonds. The van der Waals surface area contributed by atoms with E-state index in [4.69, 9.17) is 9.47 Å². The summed E-state index contributed by atoms with van der Waals surface area (Å²) in [6, 6.07) is 3.77. The minimum Gasteiger partial charge on any atom is -0.491 e. The van der Waals surface area contributed by atoms with Crippen LogP contribution in [0.1, 0.15) is 43.5 Å². The Balaban J connectivity index is 1.91. The standard InChI is InChI=1S/C24H32F3N3O5/c1-14-11-30(22(32)16-5-6-16)15(2)13-35-19-9-17(28-21(31)10-24(25,26)27)7-8-18(19)23(33)29(3)12-20(14)34-4/h7-9,14-16,20H,5-6,10-13H2,1-4H3,(H,28,31)/t14-,15+,20-/m1/s1. The molecule has 3 atom stereocenters. The molecule has 1 heterocycles. The van der Waals surface area contributed by atoms with Crippen LogP contribution < -0.4 is 10.1 Å². The number of hydrogen-bond donors (Lipinski definition) is 1. The third kappa shape index (κ3) is 7.09. The summed E-state index contributed by atoms with van der Waals surface area (Å²) >= 11 is 0. The number of carbonyl (C=O) groups is 3. The summed E-state index contributed by atoms with van der Waals surface area (Å²) in [4.78, 5) is 41.2. The summed E-state index contributed by atoms with van der Waals surface area (Å²) in [5.74, 6) is -1.46. The fourth-order valence-electron chi connectivity index (χ4n) is 4.11. The number of halogens is 3. The normalized spacial score (nSPS) is 24.1. The van der Waals surface area contributed by atoms with E-state index in [-0.39, 0.29) is 65.9 Å². The quantitative estimate of drug-likeness (QED) is 0.687. The molecule has 0 aromatic heterocycles. The number of methoxy groups -OCH3 is 1. The van der Waals surface area contributed by atoms with Crippen LogP contribution in [0.25, 0.3) is 0 Å². The topological polar surface area (TPSA) is 88.2 Å². The number of nitrogens with one attached hydrogen (secondary N) is 1. The number of carbonyl (C=O) groups excluding carboxylic acids is 3. The molecule has 8 nitrogen and oxygen atoms in total. The molecule has 0 radical (unpaired) electrons. The Morgan fingerprint density at radius 2 is 1.89 bits per heavy atom. The third-order valence-corrected chi connectivity index (χ3v) is 6.30. The number of alkyl halides is 3. The molecule has 2 aliphatic rings. The van der Waals surface area contributed by atoms with Gasteiger partial charge in [-0.25, -0.2) is 0 Å². The second-order valence-electron chi connectivity index (χ2n) is 9.41. The largest absolute Gasteiger partial charge is 0.491 e. The van der Waals surface area contributed by atoms with Crippen molar-refractivity contribution in [1.82, 2.24) is 9.80 Å². The molecular formula is C24H32F3N3O5. The first-order chi connectivity index (χ1) is 16.4. The Labute approximate surface area is 202 Å². The highest BCUT2D eigenvalue weighted by Gasteiger charge is 2.37. The molecule has 1 saturated carbocycles. The van der Waals surface area contributed by atoms with E-state index in [0.717, 1.165) is 12.8 Å². The van der Waals surface area contributed by atoms with Gasteiger partial charge < -0.3 is 24.6 Å². The van der Waals surface area contributed by atoms with Crippen molar-refractivity contribution < 1.29 is 37.0 Å². The first kappa shape index (κ1) is 26.8. The molecule has 1 aliphatic heterocycles. The molecule has 35 heavy (non-hydrogen) atoms. The summed E-state index contributed by atoms with van der Waals surface area (Å²) in [5, 5.41) is 2.20. The molecule has 1 aromatic carbocycles. The molecular weight excluding hydrogens is 467 g/mol. The van der Waals surface area contributed by atoms with Gasteiger partial charge in [0.15, 0.2) is 0 Å². The van der Waals surface area contributed by atoms with E-state index in [1.807, 2.05) is 13.8 Å². The van der Waals surface area contributed by atoms with Crippen LogP contribution in [0.4, 0.5) is 18.9 Å². The second-order valence-corrected chi connectivity index (χ2v) is 9.41. The van der Waals surface area contributed by atoms with E-state index in [1.54, 1.807) is 19.1 Å². The van der Waals surface area contributed by atoms with Crippen LogP contribution in [0.3, 0.4) is 0 Å². The lowest BCUT2D eigenvalue weighted by molar-refractivity contribution is -0.150. The van der Waals surface area contributed by atoms with Gasteiger partial charge in [-0.2, -0.15) is 13.2 Å². The molecule has 1 N–H and O–H groups in total. The first-order valence-electron chi connectivity index (χ1n) is 11.6. The van der Waals surface area contributed by atoms with E-state index in [2.05, 4.69) is 5.32 Å². The highest BCUT2D eigenvalue weighted by Crippen LogP contribution is 2.33. The van der Waals surface area contributed by atoms with Gasteiger partial charge >= 0.3 is 6.18 Å². The van der Waals surface area contributed by atoms with Gasteiger partial charge in [0.05, 0.1) is 17.7 Å². The Bertz CT molecular complexity index is 951. The Morgan fingerprint density at radius 1 is 1.20 bits per heavy atom. The van der Waals surface area contributed by atoms with Crippen molar-refractivity contribution in [1.29, 1.82) is 0 Å². The monoisotopic (exact) mass is 499 g/mol. The van der Waals surface area contributed by atoms with Gasteiger partial charge in [-0.1, -0.05) is 6.92 Å². The van der Waals surface area contributed by atoms with Crippen LogP contribution in [0.5, 0.6) is 5.75 Å². The number of fused-ring (bicyclic) bond motifs is 1. The van der Waals surface area contributed by atoms with Gasteiger partial charge in [0, 0.05) is 50.8 Å². The number of likely N-dealkylation sites (N-methyl/N-ethyl adjacent to an activating group) is 1. The van der Waals surface area contributed by atoms with Crippen molar-refractivity contribution in [2.75, 3.05) is 39.2 Å². The number of benzene rings is 1. The highest BCUT2D eigenvalue weighted by atomic mass is 19.4. The lowest BCUT2D eigenvalue weighted by Crippen LogP contribution is -2.49. The fraction of sp³-hybridized carbons (Fsp3) is 0.625. The van der Waals surface area contributed by atoms with E-state index >= 15 is 0 Å². The molecule has 0 saturated heterocycles. The molecule has 0 spiro atoms. The van der Waals surface area contributed by atoms with Crippen LogP contribution in [0.15, 0.2) is 18.2 Å². The minimum absolute atomic E-state index is 0.00513. The first-order valence-corrected chi connectivity index (χ1v) is 11.6. The summed E-state index contributed by atoms with van der Waals surface area (Å²) in [6.45, 7) is 4.58. The zero-order valence-corrected chi connectivity index (χ0v) is 20.4. The van der Waals surface area contributed by atoms with Gasteiger partial charge in [-0.15, -0.1) is 0 Å². The Kier molecular flexibility index (Phi) is 8.30. The average molecular weight is 500 g/mol. The number of anilines is 1. The van der Waals surface area contributed by atoms with E-state index in [0.29, 0.717) is 6.54 Å². The van der Waals surface area contributed by atoms with E-state index < -0.39 is 18.5 Å². The number of amides is 3. The summed E-state index contributed by atoms with van der Waals surface area (Å²) in [7, 11) is 3.18. The summed E-state index contributed by atoms with van der Waals surface area (Å²) < 4.78 is 49.2. The van der Waals surface area contributed by atoms with Crippen molar-refractivity contribution in [3.63, 3.8) is 0 Å². The van der Waals surface area contributed by atoms with Gasteiger partial charge in [-0.05, 0) is 31.9 Å². The minimum atomic E-state index is -4.64. The fourth-order valence-corrected chi connectivity index (χ4v) is 4.11. The molecule has 3 rings (SSSR count). The maximum absolute atomic E-state index is 13.2. The van der Waals surface area contributed by atoms with Crippen molar-refractivity contribution >= 4 is 23.4 Å². The lowest BCUT2D eigenvalue weighted by atomic mass is 10.0. The summed E-state index contributed by atoms with van der Waals surface area (Å²) in [5.41, 5.74) is 0.263. The average Bonchev–Trinajstić information content (AvgIpc) is 3.61. The second kappa shape index (κ2) is 10.8. The molecule has 0 unspecified atom stereocenters. The highest BCUT2D eigenvalue weighted by molar-refractivity contribution is 5.98. The zero-order valence-electron chi connectivity index (χ0n) is 20.4. The van der Waals surface area contributed by atoms with Crippen LogP contribution in [-0.4, -0.2) is 79.7 Å². The molecule has 194 valence electrons. The number of rotatable bonds is 4. The molecule has 1 fully saturated rings. The van der Waals surface area contributed by atoms with Crippen LogP contribution in [-0.2, 0) is 14.3 Å². The SMILES string of the molecule is CO[C@@H]1CN(C)C(=O)c2ccc(NC(=O)CC(F)(F)F)cc2OC[C@H](C)N(C(=O)C2CC2)C[C@H]1C. The zero-order chi connectivity index (χ0) is 25.9.